The number of carbonyl (C=O) groups is 1. The first-order valence-electron chi connectivity index (χ1n) is 8.81. The average Bonchev–Trinajstić information content (AvgIpc) is 2.67. The second-order valence-corrected chi connectivity index (χ2v) is 8.06. The minimum atomic E-state index is -3.96. The Morgan fingerprint density at radius 2 is 1.82 bits per heavy atom. The van der Waals surface area contributed by atoms with E-state index in [2.05, 4.69) is 4.72 Å². The van der Waals surface area contributed by atoms with Gasteiger partial charge in [0.2, 0.25) is 5.91 Å². The molecule has 0 aliphatic carbocycles. The van der Waals surface area contributed by atoms with Crippen molar-refractivity contribution < 1.29 is 17.9 Å². The van der Waals surface area contributed by atoms with E-state index in [1.54, 1.807) is 24.9 Å². The van der Waals surface area contributed by atoms with Crippen LogP contribution in [-0.2, 0) is 21.4 Å². The molecular formula is C19H25N3O5S. The number of benzene rings is 1. The molecule has 1 amide bonds. The van der Waals surface area contributed by atoms with Gasteiger partial charge in [-0.2, -0.15) is 0 Å². The molecule has 0 fully saturated rings. The van der Waals surface area contributed by atoms with E-state index in [-0.39, 0.29) is 23.0 Å². The number of methoxy groups -OCH3 is 1. The van der Waals surface area contributed by atoms with Gasteiger partial charge in [-0.05, 0) is 49.7 Å². The van der Waals surface area contributed by atoms with Crippen LogP contribution in [0.4, 0.5) is 5.69 Å². The lowest BCUT2D eigenvalue weighted by Crippen LogP contribution is -2.36. The molecule has 2 rings (SSSR count). The number of ether oxygens (including phenoxy) is 1. The quantitative estimate of drug-likeness (QED) is 0.720. The highest BCUT2D eigenvalue weighted by atomic mass is 32.2. The molecule has 8 nitrogen and oxygen atoms in total. The summed E-state index contributed by atoms with van der Waals surface area (Å²) in [5, 5.41) is 0. The first-order valence-corrected chi connectivity index (χ1v) is 10.3. The number of nitrogens with one attached hydrogen (secondary N) is 1. The second kappa shape index (κ2) is 8.92. The van der Waals surface area contributed by atoms with E-state index in [4.69, 9.17) is 4.74 Å². The van der Waals surface area contributed by atoms with Crippen LogP contribution >= 0.6 is 0 Å². The number of hydrogen-bond acceptors (Lipinski definition) is 5. The zero-order valence-corrected chi connectivity index (χ0v) is 17.2. The molecule has 1 N–H and O–H groups in total. The highest BCUT2D eigenvalue weighted by molar-refractivity contribution is 7.92. The van der Waals surface area contributed by atoms with Gasteiger partial charge in [0.25, 0.3) is 15.6 Å². The molecule has 28 heavy (non-hydrogen) atoms. The zero-order chi connectivity index (χ0) is 20.9. The number of amides is 1. The maximum Gasteiger partial charge on any atom is 0.275 e. The fraction of sp³-hybridized carbons (Fsp3) is 0.368. The number of aromatic nitrogens is 1. The van der Waals surface area contributed by atoms with Gasteiger partial charge in [0.15, 0.2) is 0 Å². The lowest BCUT2D eigenvalue weighted by Gasteiger charge is -2.18. The van der Waals surface area contributed by atoms with E-state index >= 15 is 0 Å². The van der Waals surface area contributed by atoms with Crippen LogP contribution in [0.1, 0.15) is 19.0 Å². The Kier molecular flexibility index (Phi) is 6.85. The van der Waals surface area contributed by atoms with E-state index in [0.29, 0.717) is 18.0 Å². The van der Waals surface area contributed by atoms with Crippen LogP contribution < -0.4 is 15.0 Å². The van der Waals surface area contributed by atoms with Crippen LogP contribution in [0.5, 0.6) is 5.75 Å². The van der Waals surface area contributed by atoms with Gasteiger partial charge in [-0.3, -0.25) is 14.3 Å². The van der Waals surface area contributed by atoms with Crippen LogP contribution in [0.3, 0.4) is 0 Å². The van der Waals surface area contributed by atoms with Gasteiger partial charge < -0.3 is 14.2 Å². The molecule has 0 bridgehead atoms. The largest absolute Gasteiger partial charge is 0.497 e. The summed E-state index contributed by atoms with van der Waals surface area (Å²) in [5.74, 6) is 0.300. The number of nitrogens with zero attached hydrogens (tertiary/aromatic N) is 2. The summed E-state index contributed by atoms with van der Waals surface area (Å²) in [7, 11) is -0.807. The molecule has 0 atom stereocenters. The molecule has 0 saturated carbocycles. The fourth-order valence-electron chi connectivity index (χ4n) is 2.62. The van der Waals surface area contributed by atoms with Crippen LogP contribution in [0.25, 0.3) is 0 Å². The second-order valence-electron chi connectivity index (χ2n) is 6.38. The first-order chi connectivity index (χ1) is 13.2. The summed E-state index contributed by atoms with van der Waals surface area (Å²) in [6.07, 6.45) is 0.803. The number of anilines is 1. The van der Waals surface area contributed by atoms with Crippen molar-refractivity contribution in [1.82, 2.24) is 9.47 Å². The molecule has 0 spiro atoms. The minimum Gasteiger partial charge on any atom is -0.497 e. The molecule has 2 aromatic rings. The predicted octanol–water partition coefficient (Wildman–Crippen LogP) is 1.83. The van der Waals surface area contributed by atoms with Crippen LogP contribution in [-0.4, -0.2) is 44.5 Å². The molecule has 1 heterocycles. The number of aryl methyl sites for hydroxylation is 1. The Morgan fingerprint density at radius 3 is 2.39 bits per heavy atom. The maximum absolute atomic E-state index is 12.8. The summed E-state index contributed by atoms with van der Waals surface area (Å²) in [5.41, 5.74) is -0.127. The van der Waals surface area contributed by atoms with Gasteiger partial charge in [0.1, 0.15) is 18.0 Å². The van der Waals surface area contributed by atoms with Crippen molar-refractivity contribution in [2.45, 2.75) is 31.7 Å². The fourth-order valence-corrected chi connectivity index (χ4v) is 3.68. The average molecular weight is 407 g/mol. The third-order valence-corrected chi connectivity index (χ3v) is 5.67. The third kappa shape index (κ3) is 4.92. The van der Waals surface area contributed by atoms with Crippen molar-refractivity contribution in [3.63, 3.8) is 0 Å². The highest BCUT2D eigenvalue weighted by Crippen LogP contribution is 2.18. The monoisotopic (exact) mass is 407 g/mol. The smallest absolute Gasteiger partial charge is 0.275 e. The topological polar surface area (TPSA) is 97.7 Å². The predicted molar refractivity (Wildman–Crippen MR) is 107 cm³/mol. The number of rotatable bonds is 8. The Hall–Kier alpha value is -2.81. The maximum atomic E-state index is 12.8. The minimum absolute atomic E-state index is 0.00131. The summed E-state index contributed by atoms with van der Waals surface area (Å²) >= 11 is 0. The van der Waals surface area contributed by atoms with Crippen molar-refractivity contribution in [3.8, 4) is 5.75 Å². The Labute approximate surface area is 164 Å². The third-order valence-electron chi connectivity index (χ3n) is 4.28. The van der Waals surface area contributed by atoms with Crippen LogP contribution in [0.2, 0.25) is 0 Å². The molecule has 1 aromatic carbocycles. The van der Waals surface area contributed by atoms with Crippen LogP contribution in [0.15, 0.2) is 46.1 Å². The number of hydrogen-bond donors (Lipinski definition) is 1. The summed E-state index contributed by atoms with van der Waals surface area (Å²) < 4.78 is 33.8. The molecule has 152 valence electrons. The van der Waals surface area contributed by atoms with E-state index in [1.165, 1.54) is 42.0 Å². The van der Waals surface area contributed by atoms with Gasteiger partial charge in [-0.25, -0.2) is 8.42 Å². The number of sulfonamides is 1. The van der Waals surface area contributed by atoms with E-state index in [1.807, 2.05) is 6.92 Å². The van der Waals surface area contributed by atoms with Crippen molar-refractivity contribution >= 4 is 21.6 Å². The first kappa shape index (κ1) is 21.5. The zero-order valence-electron chi connectivity index (χ0n) is 16.4. The van der Waals surface area contributed by atoms with E-state index in [0.717, 1.165) is 6.42 Å². The van der Waals surface area contributed by atoms with Crippen molar-refractivity contribution in [1.29, 1.82) is 0 Å². The molecule has 0 saturated heterocycles. The normalized spacial score (nSPS) is 11.1. The van der Waals surface area contributed by atoms with Crippen molar-refractivity contribution in [3.05, 3.63) is 52.4 Å². The highest BCUT2D eigenvalue weighted by Gasteiger charge is 2.19. The lowest BCUT2D eigenvalue weighted by atomic mass is 10.3. The molecule has 9 heteroatoms. The van der Waals surface area contributed by atoms with E-state index < -0.39 is 15.6 Å². The molecule has 0 radical (unpaired) electrons. The summed E-state index contributed by atoms with van der Waals surface area (Å²) in [6, 6.07) is 8.80. The SMILES string of the molecule is CCCN(C)C(=O)Cn1c(C)ccc(NS(=O)(=O)c2ccc(OC)cc2)c1=O. The van der Waals surface area contributed by atoms with Crippen molar-refractivity contribution in [2.75, 3.05) is 25.4 Å². The molecule has 0 aliphatic rings. The molecule has 0 unspecified atom stereocenters. The van der Waals surface area contributed by atoms with Crippen LogP contribution in [0, 0.1) is 6.92 Å². The van der Waals surface area contributed by atoms with Gasteiger partial charge in [-0.15, -0.1) is 0 Å². The summed E-state index contributed by atoms with van der Waals surface area (Å²) in [4.78, 5) is 26.6. The standard InChI is InChI=1S/C19H25N3O5S/c1-5-12-21(3)18(23)13-22-14(2)6-11-17(19(22)24)20-28(25,26)16-9-7-15(27-4)8-10-16/h6-11,20H,5,12-13H2,1-4H3. The summed E-state index contributed by atoms with van der Waals surface area (Å²) in [6.45, 7) is 4.07. The van der Waals surface area contributed by atoms with Gasteiger partial charge in [0.05, 0.1) is 12.0 Å². The van der Waals surface area contributed by atoms with E-state index in [9.17, 15) is 18.0 Å². The Bertz CT molecular complexity index is 997. The Balaban J connectivity index is 2.31. The van der Waals surface area contributed by atoms with Crippen molar-refractivity contribution in [2.24, 2.45) is 0 Å². The molecule has 1 aromatic heterocycles. The molecular weight excluding hydrogens is 382 g/mol. The van der Waals surface area contributed by atoms with Gasteiger partial charge in [0, 0.05) is 19.3 Å². The van der Waals surface area contributed by atoms with Gasteiger partial charge >= 0.3 is 0 Å². The molecule has 0 aliphatic heterocycles. The number of carbonyl (C=O) groups excluding carboxylic acids is 1. The number of pyridine rings is 1. The van der Waals surface area contributed by atoms with Gasteiger partial charge in [-0.1, -0.05) is 6.92 Å². The lowest BCUT2D eigenvalue weighted by molar-refractivity contribution is -0.130. The Morgan fingerprint density at radius 1 is 1.18 bits per heavy atom. The number of likely N-dealkylation sites (N-methyl/N-ethyl adjacent to an activating group) is 1.